The smallest absolute Gasteiger partial charge is 0.255 e. The predicted octanol–water partition coefficient (Wildman–Crippen LogP) is 4.91. The van der Waals surface area contributed by atoms with Gasteiger partial charge in [0.15, 0.2) is 0 Å². The van der Waals surface area contributed by atoms with E-state index in [4.69, 9.17) is 4.74 Å². The molecule has 1 N–H and O–H groups in total. The number of ether oxygens (including phenoxy) is 1. The molecule has 2 aromatic carbocycles. The standard InChI is InChI=1S/C21H22N2O2/c1-15(2)12-14-25-18-10-8-17(9-11-18)21(24)23-19-7-3-5-16-6-4-13-22-20(16)19/h3-11,13,15H,12,14H2,1-2H3,(H,23,24). The van der Waals surface area contributed by atoms with Crippen LogP contribution in [0.2, 0.25) is 0 Å². The van der Waals surface area contributed by atoms with Gasteiger partial charge in [-0.3, -0.25) is 9.78 Å². The Hall–Kier alpha value is -2.88. The van der Waals surface area contributed by atoms with E-state index in [-0.39, 0.29) is 5.91 Å². The highest BCUT2D eigenvalue weighted by Gasteiger charge is 2.09. The van der Waals surface area contributed by atoms with Gasteiger partial charge in [-0.05, 0) is 48.7 Å². The highest BCUT2D eigenvalue weighted by atomic mass is 16.5. The van der Waals surface area contributed by atoms with E-state index in [1.54, 1.807) is 18.3 Å². The van der Waals surface area contributed by atoms with Gasteiger partial charge in [0.1, 0.15) is 5.75 Å². The number of nitrogens with one attached hydrogen (secondary N) is 1. The van der Waals surface area contributed by atoms with Gasteiger partial charge in [0, 0.05) is 17.1 Å². The van der Waals surface area contributed by atoms with E-state index in [0.717, 1.165) is 23.1 Å². The lowest BCUT2D eigenvalue weighted by molar-refractivity contribution is 0.102. The van der Waals surface area contributed by atoms with Crippen LogP contribution in [0.15, 0.2) is 60.8 Å². The maximum atomic E-state index is 12.5. The minimum Gasteiger partial charge on any atom is -0.494 e. The second-order valence-electron chi connectivity index (χ2n) is 6.39. The Bertz CT molecular complexity index is 852. The molecule has 0 fully saturated rings. The third-order valence-electron chi connectivity index (χ3n) is 3.96. The van der Waals surface area contributed by atoms with Crippen molar-refractivity contribution in [3.05, 3.63) is 66.4 Å². The fraction of sp³-hybridized carbons (Fsp3) is 0.238. The first-order valence-corrected chi connectivity index (χ1v) is 8.51. The highest BCUT2D eigenvalue weighted by molar-refractivity contribution is 6.08. The zero-order chi connectivity index (χ0) is 17.6. The van der Waals surface area contributed by atoms with Crippen LogP contribution in [0, 0.1) is 5.92 Å². The fourth-order valence-corrected chi connectivity index (χ4v) is 2.51. The number of benzene rings is 2. The van der Waals surface area contributed by atoms with E-state index >= 15 is 0 Å². The molecule has 0 bridgehead atoms. The molecule has 4 nitrogen and oxygen atoms in total. The summed E-state index contributed by atoms with van der Waals surface area (Å²) in [6.45, 7) is 5.02. The summed E-state index contributed by atoms with van der Waals surface area (Å²) in [5.41, 5.74) is 2.08. The van der Waals surface area contributed by atoms with Gasteiger partial charge in [-0.25, -0.2) is 0 Å². The van der Waals surface area contributed by atoms with Crippen LogP contribution < -0.4 is 10.1 Å². The number of amides is 1. The minimum atomic E-state index is -0.160. The third kappa shape index (κ3) is 4.35. The number of pyridine rings is 1. The van der Waals surface area contributed by atoms with Crippen LogP contribution in [0.1, 0.15) is 30.6 Å². The molecule has 1 amide bonds. The summed E-state index contributed by atoms with van der Waals surface area (Å²) in [7, 11) is 0. The highest BCUT2D eigenvalue weighted by Crippen LogP contribution is 2.22. The van der Waals surface area contributed by atoms with Gasteiger partial charge in [0.2, 0.25) is 0 Å². The van der Waals surface area contributed by atoms with Gasteiger partial charge in [-0.2, -0.15) is 0 Å². The number of para-hydroxylation sites is 1. The van der Waals surface area contributed by atoms with Crippen molar-refractivity contribution in [2.75, 3.05) is 11.9 Å². The Labute approximate surface area is 147 Å². The molecule has 0 unspecified atom stereocenters. The van der Waals surface area contributed by atoms with Gasteiger partial charge >= 0.3 is 0 Å². The Morgan fingerprint density at radius 1 is 1.08 bits per heavy atom. The maximum Gasteiger partial charge on any atom is 0.255 e. The largest absolute Gasteiger partial charge is 0.494 e. The lowest BCUT2D eigenvalue weighted by Crippen LogP contribution is -2.12. The van der Waals surface area contributed by atoms with E-state index in [1.807, 2.05) is 42.5 Å². The summed E-state index contributed by atoms with van der Waals surface area (Å²) in [6, 6.07) is 16.8. The third-order valence-corrected chi connectivity index (χ3v) is 3.96. The van der Waals surface area contributed by atoms with Gasteiger partial charge in [-0.15, -0.1) is 0 Å². The Morgan fingerprint density at radius 3 is 2.60 bits per heavy atom. The Kier molecular flexibility index (Phi) is 5.29. The number of nitrogens with zero attached hydrogens (tertiary/aromatic N) is 1. The van der Waals surface area contributed by atoms with Gasteiger partial charge in [0.25, 0.3) is 5.91 Å². The quantitative estimate of drug-likeness (QED) is 0.696. The minimum absolute atomic E-state index is 0.160. The van der Waals surface area contributed by atoms with Crippen LogP contribution in [0.25, 0.3) is 10.9 Å². The summed E-state index contributed by atoms with van der Waals surface area (Å²) in [5.74, 6) is 1.23. The van der Waals surface area contributed by atoms with Crippen molar-refractivity contribution in [1.29, 1.82) is 0 Å². The van der Waals surface area contributed by atoms with E-state index in [9.17, 15) is 4.79 Å². The molecule has 0 spiro atoms. The zero-order valence-corrected chi connectivity index (χ0v) is 14.5. The van der Waals surface area contributed by atoms with Crippen LogP contribution in [-0.4, -0.2) is 17.5 Å². The Morgan fingerprint density at radius 2 is 1.84 bits per heavy atom. The van der Waals surface area contributed by atoms with E-state index in [2.05, 4.69) is 24.1 Å². The topological polar surface area (TPSA) is 51.2 Å². The molecule has 25 heavy (non-hydrogen) atoms. The molecule has 0 saturated carbocycles. The van der Waals surface area contributed by atoms with E-state index in [1.165, 1.54) is 0 Å². The molecule has 0 aliphatic carbocycles. The lowest BCUT2D eigenvalue weighted by Gasteiger charge is -2.10. The number of fused-ring (bicyclic) bond motifs is 1. The molecule has 4 heteroatoms. The number of anilines is 1. The second kappa shape index (κ2) is 7.79. The van der Waals surface area contributed by atoms with Gasteiger partial charge in [-0.1, -0.05) is 32.0 Å². The first-order chi connectivity index (χ1) is 12.1. The van der Waals surface area contributed by atoms with Crippen molar-refractivity contribution < 1.29 is 9.53 Å². The van der Waals surface area contributed by atoms with Crippen molar-refractivity contribution in [1.82, 2.24) is 4.98 Å². The van der Waals surface area contributed by atoms with Crippen molar-refractivity contribution in [3.63, 3.8) is 0 Å². The summed E-state index contributed by atoms with van der Waals surface area (Å²) < 4.78 is 5.69. The maximum absolute atomic E-state index is 12.5. The van der Waals surface area contributed by atoms with Crippen molar-refractivity contribution in [3.8, 4) is 5.75 Å². The second-order valence-corrected chi connectivity index (χ2v) is 6.39. The summed E-state index contributed by atoms with van der Waals surface area (Å²) >= 11 is 0. The monoisotopic (exact) mass is 334 g/mol. The van der Waals surface area contributed by atoms with Crippen molar-refractivity contribution in [2.45, 2.75) is 20.3 Å². The van der Waals surface area contributed by atoms with Crippen molar-refractivity contribution in [2.24, 2.45) is 5.92 Å². The molecule has 0 saturated heterocycles. The molecule has 3 rings (SSSR count). The number of aromatic nitrogens is 1. The first-order valence-electron chi connectivity index (χ1n) is 8.51. The molecule has 0 atom stereocenters. The average Bonchev–Trinajstić information content (AvgIpc) is 2.62. The summed E-state index contributed by atoms with van der Waals surface area (Å²) in [5, 5.41) is 3.93. The van der Waals surface area contributed by atoms with Crippen LogP contribution in [-0.2, 0) is 0 Å². The Balaban J connectivity index is 1.68. The summed E-state index contributed by atoms with van der Waals surface area (Å²) in [4.78, 5) is 16.8. The molecule has 0 aliphatic rings. The number of carbonyl (C=O) groups is 1. The molecule has 0 aliphatic heterocycles. The predicted molar refractivity (Wildman–Crippen MR) is 101 cm³/mol. The molecule has 1 aromatic heterocycles. The van der Waals surface area contributed by atoms with Crippen LogP contribution in [0.5, 0.6) is 5.75 Å². The average molecular weight is 334 g/mol. The first kappa shape index (κ1) is 17.0. The fourth-order valence-electron chi connectivity index (χ4n) is 2.51. The van der Waals surface area contributed by atoms with E-state index < -0.39 is 0 Å². The van der Waals surface area contributed by atoms with Gasteiger partial charge in [0.05, 0.1) is 17.8 Å². The number of rotatable bonds is 6. The molecule has 0 radical (unpaired) electrons. The zero-order valence-electron chi connectivity index (χ0n) is 14.5. The van der Waals surface area contributed by atoms with Crippen molar-refractivity contribution >= 4 is 22.5 Å². The normalized spacial score (nSPS) is 10.8. The van der Waals surface area contributed by atoms with Crippen LogP contribution in [0.4, 0.5) is 5.69 Å². The SMILES string of the molecule is CC(C)CCOc1ccc(C(=O)Nc2cccc3cccnc23)cc1. The lowest BCUT2D eigenvalue weighted by atomic mass is 10.1. The molecule has 1 heterocycles. The van der Waals surface area contributed by atoms with Crippen LogP contribution in [0.3, 0.4) is 0 Å². The van der Waals surface area contributed by atoms with Gasteiger partial charge < -0.3 is 10.1 Å². The molecule has 3 aromatic rings. The molecular formula is C21H22N2O2. The summed E-state index contributed by atoms with van der Waals surface area (Å²) in [6.07, 6.45) is 2.73. The molecule has 128 valence electrons. The number of hydrogen-bond acceptors (Lipinski definition) is 3. The number of carbonyl (C=O) groups excluding carboxylic acids is 1. The number of hydrogen-bond donors (Lipinski definition) is 1. The van der Waals surface area contributed by atoms with Crippen LogP contribution >= 0.6 is 0 Å². The molecular weight excluding hydrogens is 312 g/mol. The van der Waals surface area contributed by atoms with E-state index in [0.29, 0.717) is 23.8 Å².